The van der Waals surface area contributed by atoms with Gasteiger partial charge in [0.25, 0.3) is 5.91 Å². The number of rotatable bonds is 10. The molecule has 1 heterocycles. The van der Waals surface area contributed by atoms with Crippen molar-refractivity contribution in [1.29, 1.82) is 0 Å². The van der Waals surface area contributed by atoms with Gasteiger partial charge in [0.15, 0.2) is 18.1 Å². The van der Waals surface area contributed by atoms with Crippen LogP contribution in [0.4, 0.5) is 4.39 Å². The van der Waals surface area contributed by atoms with Crippen molar-refractivity contribution in [3.05, 3.63) is 59.4 Å². The van der Waals surface area contributed by atoms with E-state index in [9.17, 15) is 14.0 Å². The predicted octanol–water partition coefficient (Wildman–Crippen LogP) is 3.83. The highest BCUT2D eigenvalue weighted by Gasteiger charge is 2.32. The Hall–Kier alpha value is -3.13. The Bertz CT molecular complexity index is 998. The molecule has 0 spiro atoms. The first-order valence-electron chi connectivity index (χ1n) is 12.0. The Morgan fingerprint density at radius 2 is 1.71 bits per heavy atom. The van der Waals surface area contributed by atoms with Crippen molar-refractivity contribution < 1.29 is 28.2 Å². The second-order valence-corrected chi connectivity index (χ2v) is 8.88. The summed E-state index contributed by atoms with van der Waals surface area (Å²) in [5.41, 5.74) is 1.97. The number of carbonyl (C=O) groups is 2. The number of benzene rings is 2. The highest BCUT2D eigenvalue weighted by Crippen LogP contribution is 2.29. The van der Waals surface area contributed by atoms with Crippen LogP contribution in [0.15, 0.2) is 42.5 Å². The van der Waals surface area contributed by atoms with Gasteiger partial charge in [0.05, 0.1) is 13.7 Å². The lowest BCUT2D eigenvalue weighted by Crippen LogP contribution is -2.58. The summed E-state index contributed by atoms with van der Waals surface area (Å²) in [6.07, 6.45) is 0.824. The Morgan fingerprint density at radius 1 is 1.00 bits per heavy atom. The number of hydrogen-bond acceptors (Lipinski definition) is 6. The molecular formula is C27H35FN2O5. The first-order valence-corrected chi connectivity index (χ1v) is 12.0. The zero-order valence-electron chi connectivity index (χ0n) is 21.0. The molecule has 1 fully saturated rings. The molecule has 7 nitrogen and oxygen atoms in total. The molecule has 1 aliphatic heterocycles. The van der Waals surface area contributed by atoms with Gasteiger partial charge >= 0.3 is 5.97 Å². The standard InChI is InChI=1S/C27H35FN2O5/c1-5-34-27(32)13-9-21-8-12-24(25(14-21)33-4)35-18-26(31)30-16-19(2)29(15-20(30)3)17-22-6-10-23(28)11-7-22/h6-8,10-12,14,19-20H,5,9,13,15-18H2,1-4H3/t19-,20+/m0/s1. The van der Waals surface area contributed by atoms with Gasteiger partial charge in [-0.05, 0) is 62.6 Å². The fourth-order valence-corrected chi connectivity index (χ4v) is 4.28. The lowest BCUT2D eigenvalue weighted by atomic mass is 10.1. The summed E-state index contributed by atoms with van der Waals surface area (Å²) in [7, 11) is 1.54. The number of amides is 1. The smallest absolute Gasteiger partial charge is 0.306 e. The van der Waals surface area contributed by atoms with Gasteiger partial charge in [-0.1, -0.05) is 18.2 Å². The van der Waals surface area contributed by atoms with Crippen molar-refractivity contribution in [3.63, 3.8) is 0 Å². The minimum Gasteiger partial charge on any atom is -0.493 e. The summed E-state index contributed by atoms with van der Waals surface area (Å²) in [4.78, 5) is 28.7. The molecule has 190 valence electrons. The van der Waals surface area contributed by atoms with Gasteiger partial charge in [0.2, 0.25) is 0 Å². The van der Waals surface area contributed by atoms with Crippen LogP contribution in [0.25, 0.3) is 0 Å². The van der Waals surface area contributed by atoms with Crippen molar-refractivity contribution in [2.45, 2.75) is 52.2 Å². The summed E-state index contributed by atoms with van der Waals surface area (Å²) in [6.45, 7) is 8.21. The van der Waals surface area contributed by atoms with Crippen LogP contribution in [0.1, 0.15) is 38.3 Å². The average molecular weight is 487 g/mol. The van der Waals surface area contributed by atoms with Crippen LogP contribution >= 0.6 is 0 Å². The molecule has 35 heavy (non-hydrogen) atoms. The zero-order valence-corrected chi connectivity index (χ0v) is 21.0. The molecule has 1 aliphatic rings. The van der Waals surface area contributed by atoms with Crippen molar-refractivity contribution in [2.24, 2.45) is 0 Å². The molecule has 0 aromatic heterocycles. The number of methoxy groups -OCH3 is 1. The summed E-state index contributed by atoms with van der Waals surface area (Å²) >= 11 is 0. The molecule has 8 heteroatoms. The van der Waals surface area contributed by atoms with E-state index in [1.807, 2.05) is 24.0 Å². The fraction of sp³-hybridized carbons (Fsp3) is 0.481. The Labute approximate surface area is 206 Å². The van der Waals surface area contributed by atoms with Gasteiger partial charge in [-0.15, -0.1) is 0 Å². The van der Waals surface area contributed by atoms with E-state index in [-0.39, 0.29) is 36.4 Å². The molecular weight excluding hydrogens is 451 g/mol. The third-order valence-electron chi connectivity index (χ3n) is 6.24. The van der Waals surface area contributed by atoms with Crippen molar-refractivity contribution in [1.82, 2.24) is 9.80 Å². The summed E-state index contributed by atoms with van der Waals surface area (Å²) in [5.74, 6) is 0.437. The minimum absolute atomic E-state index is 0.0231. The number of nitrogens with zero attached hydrogens (tertiary/aromatic N) is 2. The monoisotopic (exact) mass is 486 g/mol. The summed E-state index contributed by atoms with van der Waals surface area (Å²) in [5, 5.41) is 0. The molecule has 2 aromatic carbocycles. The lowest BCUT2D eigenvalue weighted by molar-refractivity contribution is -0.143. The first-order chi connectivity index (χ1) is 16.8. The molecule has 2 aromatic rings. The topological polar surface area (TPSA) is 68.3 Å². The normalized spacial score (nSPS) is 18.3. The Morgan fingerprint density at radius 3 is 2.40 bits per heavy atom. The van der Waals surface area contributed by atoms with Gasteiger partial charge < -0.3 is 19.1 Å². The number of esters is 1. The quantitative estimate of drug-likeness (QED) is 0.476. The maximum atomic E-state index is 13.2. The van der Waals surface area contributed by atoms with Crippen molar-refractivity contribution >= 4 is 11.9 Å². The van der Waals surface area contributed by atoms with E-state index in [0.717, 1.165) is 17.7 Å². The van der Waals surface area contributed by atoms with Gasteiger partial charge in [-0.2, -0.15) is 0 Å². The average Bonchev–Trinajstić information content (AvgIpc) is 2.85. The van der Waals surface area contributed by atoms with Gasteiger partial charge in [0, 0.05) is 38.1 Å². The Balaban J connectivity index is 1.54. The van der Waals surface area contributed by atoms with Crippen LogP contribution < -0.4 is 9.47 Å². The highest BCUT2D eigenvalue weighted by atomic mass is 19.1. The maximum Gasteiger partial charge on any atom is 0.306 e. The third-order valence-corrected chi connectivity index (χ3v) is 6.24. The van der Waals surface area contributed by atoms with E-state index >= 15 is 0 Å². The molecule has 1 amide bonds. The largest absolute Gasteiger partial charge is 0.493 e. The zero-order chi connectivity index (χ0) is 25.4. The van der Waals surface area contributed by atoms with E-state index < -0.39 is 0 Å². The lowest BCUT2D eigenvalue weighted by Gasteiger charge is -2.44. The number of aryl methyl sites for hydroxylation is 1. The van der Waals surface area contributed by atoms with E-state index in [4.69, 9.17) is 14.2 Å². The predicted molar refractivity (Wildman–Crippen MR) is 131 cm³/mol. The molecule has 2 atom stereocenters. The first kappa shape index (κ1) is 26.5. The molecule has 0 unspecified atom stereocenters. The minimum atomic E-state index is -0.242. The van der Waals surface area contributed by atoms with E-state index in [0.29, 0.717) is 44.0 Å². The van der Waals surface area contributed by atoms with Gasteiger partial charge in [0.1, 0.15) is 5.82 Å². The third kappa shape index (κ3) is 7.42. The van der Waals surface area contributed by atoms with Crippen molar-refractivity contribution in [2.75, 3.05) is 33.4 Å². The summed E-state index contributed by atoms with van der Waals surface area (Å²) in [6, 6.07) is 12.2. The second kappa shape index (κ2) is 12.5. The Kier molecular flexibility index (Phi) is 9.48. The number of halogens is 1. The van der Waals surface area contributed by atoms with E-state index in [1.165, 1.54) is 12.1 Å². The fourth-order valence-electron chi connectivity index (χ4n) is 4.28. The van der Waals surface area contributed by atoms with Crippen LogP contribution in [0, 0.1) is 5.82 Å². The molecule has 0 N–H and O–H groups in total. The van der Waals surface area contributed by atoms with E-state index in [2.05, 4.69) is 11.8 Å². The van der Waals surface area contributed by atoms with E-state index in [1.54, 1.807) is 32.2 Å². The van der Waals surface area contributed by atoms with Crippen molar-refractivity contribution in [3.8, 4) is 11.5 Å². The molecule has 1 saturated heterocycles. The molecule has 0 bridgehead atoms. The molecule has 3 rings (SSSR count). The van der Waals surface area contributed by atoms with Crippen LogP contribution in [-0.4, -0.2) is 67.2 Å². The van der Waals surface area contributed by atoms with Crippen LogP contribution in [0.3, 0.4) is 0 Å². The van der Waals surface area contributed by atoms with Gasteiger partial charge in [-0.3, -0.25) is 14.5 Å². The number of ether oxygens (including phenoxy) is 3. The molecule has 0 aliphatic carbocycles. The maximum absolute atomic E-state index is 13.2. The summed E-state index contributed by atoms with van der Waals surface area (Å²) < 4.78 is 29.4. The SMILES string of the molecule is CCOC(=O)CCc1ccc(OCC(=O)N2C[C@H](C)N(Cc3ccc(F)cc3)C[C@H]2C)c(OC)c1. The number of hydrogen-bond donors (Lipinski definition) is 0. The van der Waals surface area contributed by atoms with Crippen LogP contribution in [-0.2, 0) is 27.3 Å². The number of piperazine rings is 1. The van der Waals surface area contributed by atoms with Gasteiger partial charge in [-0.25, -0.2) is 4.39 Å². The highest BCUT2D eigenvalue weighted by molar-refractivity contribution is 5.78. The second-order valence-electron chi connectivity index (χ2n) is 8.88. The molecule has 0 radical (unpaired) electrons. The number of carbonyl (C=O) groups excluding carboxylic acids is 2. The van der Waals surface area contributed by atoms with Crippen LogP contribution in [0.2, 0.25) is 0 Å². The molecule has 0 saturated carbocycles. The van der Waals surface area contributed by atoms with Crippen LogP contribution in [0.5, 0.6) is 11.5 Å².